The van der Waals surface area contributed by atoms with E-state index in [-0.39, 0.29) is 5.69 Å². The first-order chi connectivity index (χ1) is 13.6. The molecule has 0 amide bonds. The monoisotopic (exact) mass is 386 g/mol. The minimum absolute atomic E-state index is 0.0705. The summed E-state index contributed by atoms with van der Waals surface area (Å²) in [6, 6.07) is 14.3. The number of nitro groups is 1. The van der Waals surface area contributed by atoms with Gasteiger partial charge in [0.2, 0.25) is 0 Å². The van der Waals surface area contributed by atoms with Gasteiger partial charge in [-0.3, -0.25) is 10.1 Å². The van der Waals surface area contributed by atoms with E-state index in [4.69, 9.17) is 9.47 Å². The van der Waals surface area contributed by atoms with Crippen LogP contribution in [0.25, 0.3) is 0 Å². The molecule has 0 aliphatic rings. The van der Waals surface area contributed by atoms with Crippen molar-refractivity contribution < 1.29 is 14.4 Å². The molecule has 0 bridgehead atoms. The zero-order valence-electron chi connectivity index (χ0n) is 16.2. The SMILES string of the molecule is COCCNC(=NCc1ccc([N+](=O)[O-])cc1)NCCc1ccccc1OC. The zero-order chi connectivity index (χ0) is 20.2. The maximum Gasteiger partial charge on any atom is 0.269 e. The van der Waals surface area contributed by atoms with Crippen LogP contribution in [0.3, 0.4) is 0 Å². The number of para-hydroxylation sites is 1. The lowest BCUT2D eigenvalue weighted by molar-refractivity contribution is -0.384. The molecule has 0 unspecified atom stereocenters. The van der Waals surface area contributed by atoms with Gasteiger partial charge in [0.05, 0.1) is 25.2 Å². The Balaban J connectivity index is 1.95. The van der Waals surface area contributed by atoms with Crippen LogP contribution in [-0.2, 0) is 17.7 Å². The fraction of sp³-hybridized carbons (Fsp3) is 0.350. The third-order valence-electron chi connectivity index (χ3n) is 4.04. The molecule has 2 N–H and O–H groups in total. The summed E-state index contributed by atoms with van der Waals surface area (Å²) >= 11 is 0. The lowest BCUT2D eigenvalue weighted by Crippen LogP contribution is -2.40. The Hall–Kier alpha value is -3.13. The first-order valence-corrected chi connectivity index (χ1v) is 9.00. The van der Waals surface area contributed by atoms with Crippen LogP contribution in [-0.4, -0.2) is 44.8 Å². The summed E-state index contributed by atoms with van der Waals surface area (Å²) < 4.78 is 10.4. The van der Waals surface area contributed by atoms with E-state index in [0.29, 0.717) is 32.2 Å². The van der Waals surface area contributed by atoms with Gasteiger partial charge < -0.3 is 20.1 Å². The molecule has 0 heterocycles. The van der Waals surface area contributed by atoms with Gasteiger partial charge in [-0.1, -0.05) is 30.3 Å². The fourth-order valence-electron chi connectivity index (χ4n) is 2.56. The second-order valence-corrected chi connectivity index (χ2v) is 6.00. The normalized spacial score (nSPS) is 11.1. The molecule has 0 aliphatic carbocycles. The maximum absolute atomic E-state index is 10.7. The van der Waals surface area contributed by atoms with Gasteiger partial charge in [-0.15, -0.1) is 0 Å². The van der Waals surface area contributed by atoms with Crippen molar-refractivity contribution in [3.8, 4) is 5.75 Å². The van der Waals surface area contributed by atoms with Crippen LogP contribution in [0.15, 0.2) is 53.5 Å². The van der Waals surface area contributed by atoms with E-state index in [1.54, 1.807) is 26.4 Å². The van der Waals surface area contributed by atoms with Gasteiger partial charge in [0, 0.05) is 32.3 Å². The number of benzene rings is 2. The number of aliphatic imine (C=N–C) groups is 1. The number of ether oxygens (including phenoxy) is 2. The number of non-ortho nitro benzene ring substituents is 1. The highest BCUT2D eigenvalue weighted by atomic mass is 16.6. The van der Waals surface area contributed by atoms with Crippen LogP contribution < -0.4 is 15.4 Å². The van der Waals surface area contributed by atoms with Gasteiger partial charge >= 0.3 is 0 Å². The van der Waals surface area contributed by atoms with E-state index in [9.17, 15) is 10.1 Å². The highest BCUT2D eigenvalue weighted by Gasteiger charge is 2.05. The molecule has 8 heteroatoms. The Kier molecular flexibility index (Phi) is 8.74. The van der Waals surface area contributed by atoms with Gasteiger partial charge in [0.1, 0.15) is 5.75 Å². The van der Waals surface area contributed by atoms with Crippen LogP contribution >= 0.6 is 0 Å². The minimum atomic E-state index is -0.413. The zero-order valence-corrected chi connectivity index (χ0v) is 16.2. The highest BCUT2D eigenvalue weighted by Crippen LogP contribution is 2.17. The second kappa shape index (κ2) is 11.6. The molecular formula is C20H26N4O4. The fourth-order valence-corrected chi connectivity index (χ4v) is 2.56. The third kappa shape index (κ3) is 6.88. The Morgan fingerprint density at radius 3 is 2.46 bits per heavy atom. The van der Waals surface area contributed by atoms with Crippen molar-refractivity contribution in [3.05, 3.63) is 69.8 Å². The number of nitro benzene ring substituents is 1. The quantitative estimate of drug-likeness (QED) is 0.214. The van der Waals surface area contributed by atoms with Crippen molar-refractivity contribution in [2.45, 2.75) is 13.0 Å². The summed E-state index contributed by atoms with van der Waals surface area (Å²) in [7, 11) is 3.31. The van der Waals surface area contributed by atoms with Gasteiger partial charge in [-0.05, 0) is 23.6 Å². The molecule has 28 heavy (non-hydrogen) atoms. The molecule has 0 saturated carbocycles. The van der Waals surface area contributed by atoms with E-state index < -0.39 is 4.92 Å². The molecule has 2 aromatic carbocycles. The molecule has 0 aliphatic heterocycles. The van der Waals surface area contributed by atoms with Crippen LogP contribution in [0.2, 0.25) is 0 Å². The van der Waals surface area contributed by atoms with E-state index in [1.807, 2.05) is 24.3 Å². The van der Waals surface area contributed by atoms with E-state index in [1.165, 1.54) is 12.1 Å². The summed E-state index contributed by atoms with van der Waals surface area (Å²) in [5.41, 5.74) is 2.08. The van der Waals surface area contributed by atoms with Crippen LogP contribution in [0.4, 0.5) is 5.69 Å². The summed E-state index contributed by atoms with van der Waals surface area (Å²) in [6.07, 6.45) is 0.784. The lowest BCUT2D eigenvalue weighted by Gasteiger charge is -2.13. The van der Waals surface area contributed by atoms with Crippen molar-refractivity contribution in [2.75, 3.05) is 33.9 Å². The standard InChI is InChI=1S/C20H26N4O4/c1-27-14-13-22-20(21-12-11-17-5-3-4-6-19(17)28-2)23-15-16-7-9-18(10-8-16)24(25)26/h3-10H,11-15H2,1-2H3,(H2,21,22,23). The Labute approximate surface area is 164 Å². The molecule has 0 spiro atoms. The average Bonchev–Trinajstić information content (AvgIpc) is 2.72. The number of nitrogens with zero attached hydrogens (tertiary/aromatic N) is 2. The van der Waals surface area contributed by atoms with Crippen LogP contribution in [0.1, 0.15) is 11.1 Å². The third-order valence-corrected chi connectivity index (χ3v) is 4.04. The lowest BCUT2D eigenvalue weighted by atomic mass is 10.1. The van der Waals surface area contributed by atoms with Gasteiger partial charge in [0.25, 0.3) is 5.69 Å². The van der Waals surface area contributed by atoms with Gasteiger partial charge in [-0.25, -0.2) is 4.99 Å². The van der Waals surface area contributed by atoms with Crippen molar-refractivity contribution in [1.82, 2.24) is 10.6 Å². The van der Waals surface area contributed by atoms with Crippen molar-refractivity contribution in [3.63, 3.8) is 0 Å². The molecule has 2 rings (SSSR count). The summed E-state index contributed by atoms with van der Waals surface area (Å²) in [5, 5.41) is 17.3. The van der Waals surface area contributed by atoms with E-state index in [0.717, 1.165) is 23.3 Å². The molecule has 0 atom stereocenters. The molecular weight excluding hydrogens is 360 g/mol. The predicted molar refractivity (Wildman–Crippen MR) is 109 cm³/mol. The van der Waals surface area contributed by atoms with E-state index in [2.05, 4.69) is 15.6 Å². The molecule has 0 saturated heterocycles. The number of nitrogens with one attached hydrogen (secondary N) is 2. The van der Waals surface area contributed by atoms with Crippen LogP contribution in [0.5, 0.6) is 5.75 Å². The van der Waals surface area contributed by atoms with Gasteiger partial charge in [-0.2, -0.15) is 0 Å². The number of guanidine groups is 1. The Bertz CT molecular complexity index is 778. The van der Waals surface area contributed by atoms with Crippen molar-refractivity contribution in [1.29, 1.82) is 0 Å². The maximum atomic E-state index is 10.7. The first kappa shape index (κ1) is 21.2. The molecule has 0 aromatic heterocycles. The number of rotatable bonds is 10. The van der Waals surface area contributed by atoms with Crippen LogP contribution in [0, 0.1) is 10.1 Å². The molecule has 2 aromatic rings. The molecule has 0 fully saturated rings. The summed E-state index contributed by atoms with van der Waals surface area (Å²) in [6.45, 7) is 2.27. The Morgan fingerprint density at radius 1 is 1.07 bits per heavy atom. The number of hydrogen-bond acceptors (Lipinski definition) is 5. The highest BCUT2D eigenvalue weighted by molar-refractivity contribution is 5.79. The number of hydrogen-bond donors (Lipinski definition) is 2. The van der Waals surface area contributed by atoms with Crippen molar-refractivity contribution in [2.24, 2.45) is 4.99 Å². The predicted octanol–water partition coefficient (Wildman–Crippen LogP) is 2.53. The second-order valence-electron chi connectivity index (χ2n) is 6.00. The van der Waals surface area contributed by atoms with Gasteiger partial charge in [0.15, 0.2) is 5.96 Å². The smallest absolute Gasteiger partial charge is 0.269 e. The number of methoxy groups -OCH3 is 2. The van der Waals surface area contributed by atoms with E-state index >= 15 is 0 Å². The molecule has 150 valence electrons. The minimum Gasteiger partial charge on any atom is -0.496 e. The Morgan fingerprint density at radius 2 is 1.79 bits per heavy atom. The molecule has 8 nitrogen and oxygen atoms in total. The summed E-state index contributed by atoms with van der Waals surface area (Å²) in [4.78, 5) is 14.9. The first-order valence-electron chi connectivity index (χ1n) is 9.00. The average molecular weight is 386 g/mol. The topological polar surface area (TPSA) is 98.0 Å². The van der Waals surface area contributed by atoms with Crippen molar-refractivity contribution >= 4 is 11.6 Å². The molecule has 0 radical (unpaired) electrons. The summed E-state index contributed by atoms with van der Waals surface area (Å²) in [5.74, 6) is 1.52. The largest absolute Gasteiger partial charge is 0.496 e.